The predicted octanol–water partition coefficient (Wildman–Crippen LogP) is 5.58. The molecule has 2 amide bonds. The summed E-state index contributed by atoms with van der Waals surface area (Å²) < 4.78 is 23.3. The second kappa shape index (κ2) is 14.2. The SMILES string of the molecule is CCOC(=O)c1ccc(NC(=O)N(CCOC)C(C)c2nc3ccccc3c(=O)n2-c2cc(OC)cc(OC)c2Br)cc1. The number of nitrogens with zero attached hydrogens (tertiary/aromatic N) is 3. The summed E-state index contributed by atoms with van der Waals surface area (Å²) in [5.74, 6) is 0.780. The minimum atomic E-state index is -0.713. The topological polar surface area (TPSA) is 121 Å². The number of amides is 2. The number of carbonyl (C=O) groups is 2. The van der Waals surface area contributed by atoms with E-state index < -0.39 is 18.0 Å². The molecule has 12 heteroatoms. The second-order valence-corrected chi connectivity index (χ2v) is 10.2. The number of benzene rings is 3. The molecule has 0 bridgehead atoms. The first-order valence-corrected chi connectivity index (χ1v) is 14.3. The van der Waals surface area contributed by atoms with Crippen molar-refractivity contribution >= 4 is 44.5 Å². The van der Waals surface area contributed by atoms with Gasteiger partial charge in [-0.3, -0.25) is 9.36 Å². The summed E-state index contributed by atoms with van der Waals surface area (Å²) >= 11 is 3.59. The number of para-hydroxylation sites is 1. The highest BCUT2D eigenvalue weighted by atomic mass is 79.9. The summed E-state index contributed by atoms with van der Waals surface area (Å²) in [6.45, 7) is 4.20. The van der Waals surface area contributed by atoms with Gasteiger partial charge in [0.15, 0.2) is 0 Å². The largest absolute Gasteiger partial charge is 0.497 e. The maximum Gasteiger partial charge on any atom is 0.338 e. The third kappa shape index (κ3) is 6.81. The van der Waals surface area contributed by atoms with E-state index >= 15 is 0 Å². The van der Waals surface area contributed by atoms with Gasteiger partial charge >= 0.3 is 12.0 Å². The lowest BCUT2D eigenvalue weighted by atomic mass is 10.1. The van der Waals surface area contributed by atoms with E-state index in [2.05, 4.69) is 21.2 Å². The van der Waals surface area contributed by atoms with Gasteiger partial charge in [-0.2, -0.15) is 0 Å². The minimum absolute atomic E-state index is 0.190. The molecule has 1 unspecified atom stereocenters. The standard InChI is InChI=1S/C31H33BrN4O7/c1-6-43-30(38)20-11-13-21(14-12-20)33-31(39)35(15-16-40-3)19(2)28-34-24-10-8-7-9-23(24)29(37)36(28)25-17-22(41-4)18-26(42-5)27(25)32/h7-14,17-19H,6,15-16H2,1-5H3,(H,33,39). The number of aromatic nitrogens is 2. The van der Waals surface area contributed by atoms with Crippen molar-refractivity contribution in [2.24, 2.45) is 0 Å². The summed E-state index contributed by atoms with van der Waals surface area (Å²) in [7, 11) is 4.58. The second-order valence-electron chi connectivity index (χ2n) is 9.38. The number of esters is 1. The molecule has 11 nitrogen and oxygen atoms in total. The first-order chi connectivity index (χ1) is 20.7. The Kier molecular flexibility index (Phi) is 10.4. The molecular formula is C31H33BrN4O7. The van der Waals surface area contributed by atoms with E-state index in [1.165, 1.54) is 23.7 Å². The van der Waals surface area contributed by atoms with Gasteiger partial charge in [-0.05, 0) is 66.2 Å². The van der Waals surface area contributed by atoms with Crippen LogP contribution in [0.4, 0.5) is 10.5 Å². The predicted molar refractivity (Wildman–Crippen MR) is 167 cm³/mol. The number of halogens is 1. The highest BCUT2D eigenvalue weighted by Gasteiger charge is 2.28. The number of methoxy groups -OCH3 is 3. The number of hydrogen-bond donors (Lipinski definition) is 1. The van der Waals surface area contributed by atoms with E-state index in [9.17, 15) is 14.4 Å². The molecular weight excluding hydrogens is 620 g/mol. The number of nitrogens with one attached hydrogen (secondary N) is 1. The van der Waals surface area contributed by atoms with Gasteiger partial charge in [-0.1, -0.05) is 12.1 Å². The van der Waals surface area contributed by atoms with E-state index in [0.717, 1.165) is 0 Å². The number of ether oxygens (including phenoxy) is 4. The first kappa shape index (κ1) is 31.5. The number of rotatable bonds is 11. The smallest absolute Gasteiger partial charge is 0.338 e. The zero-order valence-corrected chi connectivity index (χ0v) is 26.1. The summed E-state index contributed by atoms with van der Waals surface area (Å²) in [4.78, 5) is 46.2. The molecule has 3 aromatic carbocycles. The Morgan fingerprint density at radius 1 is 1.05 bits per heavy atom. The molecule has 0 saturated carbocycles. The lowest BCUT2D eigenvalue weighted by molar-refractivity contribution is 0.0526. The molecule has 226 valence electrons. The van der Waals surface area contributed by atoms with Crippen LogP contribution in [0.1, 0.15) is 36.1 Å². The van der Waals surface area contributed by atoms with Crippen LogP contribution in [0.3, 0.4) is 0 Å². The lowest BCUT2D eigenvalue weighted by Gasteiger charge is -2.30. The number of hydrogen-bond acceptors (Lipinski definition) is 8. The van der Waals surface area contributed by atoms with Crippen molar-refractivity contribution in [3.8, 4) is 17.2 Å². The van der Waals surface area contributed by atoms with Crippen LogP contribution in [-0.4, -0.2) is 67.5 Å². The molecule has 1 heterocycles. The van der Waals surface area contributed by atoms with E-state index in [4.69, 9.17) is 23.9 Å². The van der Waals surface area contributed by atoms with Gasteiger partial charge in [0.05, 0.1) is 60.1 Å². The molecule has 4 aromatic rings. The lowest BCUT2D eigenvalue weighted by Crippen LogP contribution is -2.41. The van der Waals surface area contributed by atoms with Gasteiger partial charge in [0.25, 0.3) is 5.56 Å². The zero-order chi connectivity index (χ0) is 31.1. The van der Waals surface area contributed by atoms with E-state index in [0.29, 0.717) is 49.6 Å². The molecule has 0 spiro atoms. The highest BCUT2D eigenvalue weighted by molar-refractivity contribution is 9.10. The van der Waals surface area contributed by atoms with Crippen LogP contribution in [0, 0.1) is 0 Å². The van der Waals surface area contributed by atoms with Crippen LogP contribution in [-0.2, 0) is 9.47 Å². The molecule has 0 aliphatic heterocycles. The van der Waals surface area contributed by atoms with Gasteiger partial charge in [-0.25, -0.2) is 14.6 Å². The van der Waals surface area contributed by atoms with Crippen molar-refractivity contribution in [2.45, 2.75) is 19.9 Å². The molecule has 1 atom stereocenters. The quantitative estimate of drug-likeness (QED) is 0.208. The zero-order valence-electron chi connectivity index (χ0n) is 24.5. The molecule has 0 fully saturated rings. The van der Waals surface area contributed by atoms with Gasteiger partial charge in [-0.15, -0.1) is 0 Å². The number of carbonyl (C=O) groups excluding carboxylic acids is 2. The van der Waals surface area contributed by atoms with Crippen LogP contribution < -0.4 is 20.3 Å². The van der Waals surface area contributed by atoms with Crippen molar-refractivity contribution in [3.05, 3.63) is 86.9 Å². The van der Waals surface area contributed by atoms with Crippen molar-refractivity contribution in [2.75, 3.05) is 46.4 Å². The van der Waals surface area contributed by atoms with Crippen molar-refractivity contribution in [1.82, 2.24) is 14.5 Å². The average Bonchev–Trinajstić information content (AvgIpc) is 3.02. The van der Waals surface area contributed by atoms with Crippen molar-refractivity contribution in [3.63, 3.8) is 0 Å². The van der Waals surface area contributed by atoms with Crippen LogP contribution in [0.25, 0.3) is 16.6 Å². The Morgan fingerprint density at radius 3 is 2.42 bits per heavy atom. The van der Waals surface area contributed by atoms with Crippen molar-refractivity contribution in [1.29, 1.82) is 0 Å². The Labute approximate surface area is 257 Å². The fourth-order valence-electron chi connectivity index (χ4n) is 4.55. The summed E-state index contributed by atoms with van der Waals surface area (Å²) in [5.41, 5.74) is 1.43. The van der Waals surface area contributed by atoms with Crippen LogP contribution in [0.5, 0.6) is 11.5 Å². The van der Waals surface area contributed by atoms with Crippen LogP contribution in [0.15, 0.2) is 69.9 Å². The Bertz CT molecular complexity index is 1670. The molecule has 0 aliphatic carbocycles. The van der Waals surface area contributed by atoms with Crippen LogP contribution >= 0.6 is 15.9 Å². The summed E-state index contributed by atoms with van der Waals surface area (Å²) in [5, 5.41) is 3.28. The van der Waals surface area contributed by atoms with Gasteiger partial charge in [0.1, 0.15) is 17.3 Å². The Hall–Kier alpha value is -4.42. The normalized spacial score (nSPS) is 11.6. The molecule has 0 aliphatic rings. The van der Waals surface area contributed by atoms with Crippen LogP contribution in [0.2, 0.25) is 0 Å². The molecule has 1 aromatic heterocycles. The maximum atomic E-state index is 14.1. The van der Waals surface area contributed by atoms with Gasteiger partial charge in [0.2, 0.25) is 0 Å². The van der Waals surface area contributed by atoms with Gasteiger partial charge in [0, 0.05) is 31.5 Å². The van der Waals surface area contributed by atoms with Crippen molar-refractivity contribution < 1.29 is 28.5 Å². The molecule has 0 radical (unpaired) electrons. The number of fused-ring (bicyclic) bond motifs is 1. The molecule has 43 heavy (non-hydrogen) atoms. The minimum Gasteiger partial charge on any atom is -0.497 e. The first-order valence-electron chi connectivity index (χ1n) is 13.5. The number of anilines is 1. The summed E-state index contributed by atoms with van der Waals surface area (Å²) in [6.07, 6.45) is 0. The maximum absolute atomic E-state index is 14.1. The Morgan fingerprint density at radius 2 is 1.77 bits per heavy atom. The summed E-state index contributed by atoms with van der Waals surface area (Å²) in [6, 6.07) is 15.6. The monoisotopic (exact) mass is 652 g/mol. The van der Waals surface area contributed by atoms with Gasteiger partial charge < -0.3 is 29.2 Å². The molecule has 0 saturated heterocycles. The van der Waals surface area contributed by atoms with E-state index in [1.54, 1.807) is 81.6 Å². The third-order valence-electron chi connectivity index (χ3n) is 6.78. The fraction of sp³-hybridized carbons (Fsp3) is 0.290. The highest BCUT2D eigenvalue weighted by Crippen LogP contribution is 2.37. The molecule has 1 N–H and O–H groups in total. The molecule has 4 rings (SSSR count). The average molecular weight is 654 g/mol. The number of urea groups is 1. The third-order valence-corrected chi connectivity index (χ3v) is 7.57. The van der Waals surface area contributed by atoms with E-state index in [-0.39, 0.29) is 25.3 Å². The van der Waals surface area contributed by atoms with E-state index in [1.807, 2.05) is 0 Å². The fourth-order valence-corrected chi connectivity index (χ4v) is 5.12. The Balaban J connectivity index is 1.82.